The van der Waals surface area contributed by atoms with Crippen molar-refractivity contribution in [2.75, 3.05) is 5.32 Å². The summed E-state index contributed by atoms with van der Waals surface area (Å²) in [6.45, 7) is -0.280. The van der Waals surface area contributed by atoms with Gasteiger partial charge in [0, 0.05) is 22.3 Å². The third-order valence-electron chi connectivity index (χ3n) is 4.54. The number of benzene rings is 2. The number of nitrogens with one attached hydrogen (secondary N) is 2. The van der Waals surface area contributed by atoms with Gasteiger partial charge in [0.1, 0.15) is 5.82 Å². The molecule has 0 saturated heterocycles. The Morgan fingerprint density at radius 3 is 2.30 bits per heavy atom. The largest absolute Gasteiger partial charge is 0.435 e. The third kappa shape index (κ3) is 7.43. The van der Waals surface area contributed by atoms with Crippen molar-refractivity contribution in [3.8, 4) is 6.07 Å². The summed E-state index contributed by atoms with van der Waals surface area (Å²) in [5, 5.41) is 16.8. The maximum absolute atomic E-state index is 13.8. The van der Waals surface area contributed by atoms with E-state index in [0.717, 1.165) is 28.9 Å². The molecule has 3 aromatic rings. The van der Waals surface area contributed by atoms with E-state index in [4.69, 9.17) is 16.9 Å². The van der Waals surface area contributed by atoms with Crippen molar-refractivity contribution in [3.63, 3.8) is 0 Å². The number of aryl methyl sites for hydroxylation is 1. The molecule has 0 aliphatic carbocycles. The van der Waals surface area contributed by atoms with E-state index >= 15 is 0 Å². The van der Waals surface area contributed by atoms with Gasteiger partial charge in [0.15, 0.2) is 11.5 Å². The number of carbonyl (C=O) groups is 1. The van der Waals surface area contributed by atoms with Crippen LogP contribution in [0.1, 0.15) is 28.0 Å². The summed E-state index contributed by atoms with van der Waals surface area (Å²) in [7, 11) is 0. The fourth-order valence-electron chi connectivity index (χ4n) is 2.91. The third-order valence-corrected chi connectivity index (χ3v) is 4.76. The fraction of sp³-hybridized carbons (Fsp3) is 0.182. The minimum atomic E-state index is -4.85. The van der Waals surface area contributed by atoms with Gasteiger partial charge in [0.2, 0.25) is 5.96 Å². The fourth-order valence-corrected chi connectivity index (χ4v) is 3.13. The molecule has 1 amide bonds. The Hall–Kier alpha value is -4.12. The van der Waals surface area contributed by atoms with Crippen LogP contribution >= 0.6 is 11.6 Å². The predicted molar refractivity (Wildman–Crippen MR) is 118 cm³/mol. The first-order chi connectivity index (χ1) is 17.3. The average molecular weight is 547 g/mol. The first-order valence-corrected chi connectivity index (χ1v) is 10.5. The van der Waals surface area contributed by atoms with Gasteiger partial charge in [0.25, 0.3) is 5.91 Å². The number of anilines is 1. The molecule has 2 N–H and O–H groups in total. The van der Waals surface area contributed by atoms with Crippen LogP contribution in [0, 0.1) is 17.1 Å². The SMILES string of the molecule is N#CCCn1nc(C(F)(F)F)cc1N=C(NC(=O)c1ccc(C(F)(F)F)cc1)Nc1cc(F)cc(Cl)c1. The van der Waals surface area contributed by atoms with Gasteiger partial charge in [-0.15, -0.1) is 0 Å². The van der Waals surface area contributed by atoms with E-state index in [9.17, 15) is 35.5 Å². The van der Waals surface area contributed by atoms with Gasteiger partial charge in [-0.3, -0.25) is 10.1 Å². The number of guanidine groups is 1. The lowest BCUT2D eigenvalue weighted by molar-refractivity contribution is -0.141. The zero-order chi connectivity index (χ0) is 27.4. The Labute approximate surface area is 209 Å². The molecular weight excluding hydrogens is 533 g/mol. The maximum Gasteiger partial charge on any atom is 0.435 e. The number of halogens is 8. The monoisotopic (exact) mass is 546 g/mol. The summed E-state index contributed by atoms with van der Waals surface area (Å²) >= 11 is 5.81. The molecule has 0 aliphatic rings. The highest BCUT2D eigenvalue weighted by Crippen LogP contribution is 2.31. The smallest absolute Gasteiger partial charge is 0.325 e. The lowest BCUT2D eigenvalue weighted by Crippen LogP contribution is -2.36. The van der Waals surface area contributed by atoms with Gasteiger partial charge < -0.3 is 5.32 Å². The van der Waals surface area contributed by atoms with Crippen molar-refractivity contribution in [1.29, 1.82) is 5.26 Å². The molecule has 1 aromatic heterocycles. The van der Waals surface area contributed by atoms with Crippen LogP contribution in [0.25, 0.3) is 0 Å². The number of amides is 1. The van der Waals surface area contributed by atoms with Crippen molar-refractivity contribution in [2.24, 2.45) is 4.99 Å². The number of hydrogen-bond acceptors (Lipinski definition) is 4. The van der Waals surface area contributed by atoms with Gasteiger partial charge in [-0.1, -0.05) is 11.6 Å². The summed E-state index contributed by atoms with van der Waals surface area (Å²) in [5.41, 5.74) is -2.64. The second-order valence-electron chi connectivity index (χ2n) is 7.29. The van der Waals surface area contributed by atoms with Gasteiger partial charge >= 0.3 is 12.4 Å². The van der Waals surface area contributed by atoms with E-state index < -0.39 is 47.1 Å². The first kappa shape index (κ1) is 27.5. The zero-order valence-electron chi connectivity index (χ0n) is 18.3. The van der Waals surface area contributed by atoms with Crippen LogP contribution in [0.2, 0.25) is 5.02 Å². The maximum atomic E-state index is 13.8. The van der Waals surface area contributed by atoms with Crippen LogP contribution in [0.15, 0.2) is 53.5 Å². The normalized spacial score (nSPS) is 12.2. The Bertz CT molecular complexity index is 1340. The van der Waals surface area contributed by atoms with Gasteiger partial charge in [-0.05, 0) is 42.5 Å². The first-order valence-electron chi connectivity index (χ1n) is 10.1. The quantitative estimate of drug-likeness (QED) is 0.228. The van der Waals surface area contributed by atoms with E-state index in [1.54, 1.807) is 6.07 Å². The van der Waals surface area contributed by atoms with Crippen LogP contribution in [0.5, 0.6) is 0 Å². The molecular formula is C22H14ClF7N6O. The van der Waals surface area contributed by atoms with Crippen LogP contribution in [-0.4, -0.2) is 21.6 Å². The molecule has 194 valence electrons. The highest BCUT2D eigenvalue weighted by atomic mass is 35.5. The summed E-state index contributed by atoms with van der Waals surface area (Å²) in [4.78, 5) is 16.6. The number of alkyl halides is 6. The Kier molecular flexibility index (Phi) is 8.07. The molecule has 0 aliphatic heterocycles. The molecule has 0 saturated carbocycles. The minimum absolute atomic E-state index is 0.0596. The van der Waals surface area contributed by atoms with Crippen LogP contribution in [0.4, 0.5) is 42.2 Å². The van der Waals surface area contributed by atoms with Crippen LogP contribution in [-0.2, 0) is 18.9 Å². The number of nitriles is 1. The summed E-state index contributed by atoms with van der Waals surface area (Å²) in [6.07, 6.45) is -9.71. The van der Waals surface area contributed by atoms with Gasteiger partial charge in [-0.25, -0.2) is 9.07 Å². The second kappa shape index (κ2) is 10.9. The topological polar surface area (TPSA) is 95.1 Å². The minimum Gasteiger partial charge on any atom is -0.325 e. The Balaban J connectivity index is 2.01. The van der Waals surface area contributed by atoms with Crippen molar-refractivity contribution >= 4 is 35.0 Å². The lowest BCUT2D eigenvalue weighted by Gasteiger charge is -2.13. The second-order valence-corrected chi connectivity index (χ2v) is 7.73. The molecule has 1 heterocycles. The summed E-state index contributed by atoms with van der Waals surface area (Å²) in [5.74, 6) is -2.73. The van der Waals surface area contributed by atoms with E-state index in [1.165, 1.54) is 6.07 Å². The van der Waals surface area contributed by atoms with Crippen molar-refractivity contribution < 1.29 is 35.5 Å². The lowest BCUT2D eigenvalue weighted by atomic mass is 10.1. The van der Waals surface area contributed by atoms with E-state index in [0.29, 0.717) is 18.2 Å². The Morgan fingerprint density at radius 2 is 1.73 bits per heavy atom. The Morgan fingerprint density at radius 1 is 1.05 bits per heavy atom. The number of carbonyl (C=O) groups excluding carboxylic acids is 1. The molecule has 0 spiro atoms. The molecule has 0 radical (unpaired) electrons. The molecule has 0 bridgehead atoms. The molecule has 37 heavy (non-hydrogen) atoms. The van der Waals surface area contributed by atoms with Crippen LogP contribution in [0.3, 0.4) is 0 Å². The zero-order valence-corrected chi connectivity index (χ0v) is 19.0. The standard InChI is InChI=1S/C22H14ClF7N6O/c23-14-8-15(24)10-16(9-14)32-20(34-19(37)12-2-4-13(5-3-12)21(25,26)27)33-18-11-17(22(28,29)30)35-36(18)7-1-6-31/h2-5,8-11H,1,7H2,(H2,32,33,34,37). The van der Waals surface area contributed by atoms with E-state index in [2.05, 4.69) is 20.7 Å². The van der Waals surface area contributed by atoms with E-state index in [-0.39, 0.29) is 29.2 Å². The number of nitrogens with zero attached hydrogens (tertiary/aromatic N) is 4. The van der Waals surface area contributed by atoms with Crippen molar-refractivity contribution in [3.05, 3.63) is 76.2 Å². The van der Waals surface area contributed by atoms with Gasteiger partial charge in [-0.2, -0.15) is 41.7 Å². The van der Waals surface area contributed by atoms with Gasteiger partial charge in [0.05, 0.1) is 24.6 Å². The highest BCUT2D eigenvalue weighted by Gasteiger charge is 2.35. The van der Waals surface area contributed by atoms with Crippen LogP contribution < -0.4 is 10.6 Å². The molecule has 7 nitrogen and oxygen atoms in total. The predicted octanol–water partition coefficient (Wildman–Crippen LogP) is 6.16. The van der Waals surface area contributed by atoms with Crippen molar-refractivity contribution in [1.82, 2.24) is 15.1 Å². The van der Waals surface area contributed by atoms with E-state index in [1.807, 2.05) is 0 Å². The number of aromatic nitrogens is 2. The van der Waals surface area contributed by atoms with Crippen molar-refractivity contribution in [2.45, 2.75) is 25.3 Å². The molecule has 0 atom stereocenters. The summed E-state index contributed by atoms with van der Waals surface area (Å²) in [6, 6.07) is 8.54. The molecule has 15 heteroatoms. The molecule has 0 fully saturated rings. The summed E-state index contributed by atoms with van der Waals surface area (Å²) < 4.78 is 92.6. The number of aliphatic imine (C=N–C) groups is 1. The number of rotatable bonds is 5. The highest BCUT2D eigenvalue weighted by molar-refractivity contribution is 6.31. The number of hydrogen-bond donors (Lipinski definition) is 2. The molecule has 3 rings (SSSR count). The molecule has 2 aromatic carbocycles. The molecule has 0 unspecified atom stereocenters. The average Bonchev–Trinajstić information content (AvgIpc) is 3.19.